The van der Waals surface area contributed by atoms with Crippen LogP contribution in [0.3, 0.4) is 0 Å². The Bertz CT molecular complexity index is 391. The molecule has 1 aromatic rings. The first-order chi connectivity index (χ1) is 8.83. The van der Waals surface area contributed by atoms with Crippen molar-refractivity contribution < 1.29 is 9.94 Å². The quantitative estimate of drug-likeness (QED) is 0.499. The molecule has 1 N–H and O–H groups in total. The van der Waals surface area contributed by atoms with Gasteiger partial charge in [-0.15, -0.1) is 0 Å². The summed E-state index contributed by atoms with van der Waals surface area (Å²) in [6.07, 6.45) is 7.37. The lowest BCUT2D eigenvalue weighted by Crippen LogP contribution is -2.13. The second-order valence-corrected chi connectivity index (χ2v) is 4.98. The molecular weight excluding hydrogens is 226 g/mol. The molecule has 0 spiro atoms. The van der Waals surface area contributed by atoms with E-state index in [1.54, 1.807) is 7.11 Å². The van der Waals surface area contributed by atoms with Gasteiger partial charge in [-0.1, -0.05) is 37.3 Å². The first-order valence-electron chi connectivity index (χ1n) is 6.69. The number of benzene rings is 1. The summed E-state index contributed by atoms with van der Waals surface area (Å²) in [7, 11) is 1.65. The second-order valence-electron chi connectivity index (χ2n) is 4.98. The number of nitrogens with zero attached hydrogens (tertiary/aromatic N) is 1. The van der Waals surface area contributed by atoms with Gasteiger partial charge in [-0.05, 0) is 42.2 Å². The fourth-order valence-electron chi connectivity index (χ4n) is 2.66. The van der Waals surface area contributed by atoms with Crippen LogP contribution < -0.4 is 4.74 Å². The summed E-state index contributed by atoms with van der Waals surface area (Å²) in [6, 6.07) is 7.72. The van der Waals surface area contributed by atoms with Gasteiger partial charge in [0.2, 0.25) is 0 Å². The highest BCUT2D eigenvalue weighted by Gasteiger charge is 2.17. The van der Waals surface area contributed by atoms with Crippen LogP contribution in [-0.4, -0.2) is 18.0 Å². The molecule has 0 aromatic heterocycles. The van der Waals surface area contributed by atoms with Gasteiger partial charge in [0, 0.05) is 0 Å². The number of rotatable bonds is 4. The fourth-order valence-corrected chi connectivity index (χ4v) is 2.66. The van der Waals surface area contributed by atoms with E-state index in [2.05, 4.69) is 5.16 Å². The van der Waals surface area contributed by atoms with Crippen LogP contribution in [0.5, 0.6) is 5.75 Å². The highest BCUT2D eigenvalue weighted by molar-refractivity contribution is 6.00. The third-order valence-corrected chi connectivity index (χ3v) is 3.75. The minimum atomic E-state index is 0.673. The van der Waals surface area contributed by atoms with Crippen molar-refractivity contribution in [1.82, 2.24) is 0 Å². The molecule has 1 fully saturated rings. The summed E-state index contributed by atoms with van der Waals surface area (Å²) in [5, 5.41) is 12.7. The third-order valence-electron chi connectivity index (χ3n) is 3.75. The fraction of sp³-hybridized carbons (Fsp3) is 0.533. The Hall–Kier alpha value is -1.51. The maximum atomic E-state index is 9.19. The standard InChI is InChI=1S/C15H21NO2/c1-18-14-9-7-13(8-10-14)15(16-17)11-12-5-3-2-4-6-12/h7-10,12,17H,2-6,11H2,1H3/b16-15+. The number of ether oxygens (including phenoxy) is 1. The Morgan fingerprint density at radius 2 is 1.89 bits per heavy atom. The molecule has 0 saturated heterocycles. The molecule has 3 heteroatoms. The molecule has 0 unspecified atom stereocenters. The highest BCUT2D eigenvalue weighted by Crippen LogP contribution is 2.28. The summed E-state index contributed by atoms with van der Waals surface area (Å²) < 4.78 is 5.13. The van der Waals surface area contributed by atoms with Crippen LogP contribution in [0.1, 0.15) is 44.1 Å². The second kappa shape index (κ2) is 6.43. The highest BCUT2D eigenvalue weighted by atomic mass is 16.5. The molecule has 2 rings (SSSR count). The molecular formula is C15H21NO2. The summed E-state index contributed by atoms with van der Waals surface area (Å²) in [5.41, 5.74) is 1.79. The number of hydrogen-bond donors (Lipinski definition) is 1. The van der Waals surface area contributed by atoms with Crippen LogP contribution in [-0.2, 0) is 0 Å². The summed E-state index contributed by atoms with van der Waals surface area (Å²) >= 11 is 0. The van der Waals surface area contributed by atoms with Gasteiger partial charge in [0.15, 0.2) is 0 Å². The minimum absolute atomic E-state index is 0.673. The van der Waals surface area contributed by atoms with Crippen molar-refractivity contribution in [3.63, 3.8) is 0 Å². The van der Waals surface area contributed by atoms with E-state index in [1.807, 2.05) is 24.3 Å². The van der Waals surface area contributed by atoms with Crippen molar-refractivity contribution >= 4 is 5.71 Å². The maximum absolute atomic E-state index is 9.19. The van der Waals surface area contributed by atoms with E-state index in [1.165, 1.54) is 32.1 Å². The van der Waals surface area contributed by atoms with Crippen molar-refractivity contribution in [3.05, 3.63) is 29.8 Å². The molecule has 0 aliphatic heterocycles. The molecule has 3 nitrogen and oxygen atoms in total. The molecule has 0 atom stereocenters. The molecule has 1 saturated carbocycles. The Labute approximate surface area is 108 Å². The molecule has 0 amide bonds. The van der Waals surface area contributed by atoms with E-state index >= 15 is 0 Å². The third kappa shape index (κ3) is 3.25. The van der Waals surface area contributed by atoms with Gasteiger partial charge in [0.1, 0.15) is 5.75 Å². The van der Waals surface area contributed by atoms with Crippen LogP contribution in [0.25, 0.3) is 0 Å². The van der Waals surface area contributed by atoms with Crippen LogP contribution in [0, 0.1) is 5.92 Å². The van der Waals surface area contributed by atoms with Crippen LogP contribution >= 0.6 is 0 Å². The Balaban J connectivity index is 2.03. The summed E-state index contributed by atoms with van der Waals surface area (Å²) in [6.45, 7) is 0. The predicted molar refractivity (Wildman–Crippen MR) is 72.5 cm³/mol. The van der Waals surface area contributed by atoms with Gasteiger partial charge in [-0.2, -0.15) is 0 Å². The van der Waals surface area contributed by atoms with E-state index in [-0.39, 0.29) is 0 Å². The average molecular weight is 247 g/mol. The van der Waals surface area contributed by atoms with Crippen LogP contribution in [0.2, 0.25) is 0 Å². The lowest BCUT2D eigenvalue weighted by molar-refractivity contribution is 0.312. The first kappa shape index (κ1) is 12.9. The Morgan fingerprint density at radius 3 is 2.44 bits per heavy atom. The number of methoxy groups -OCH3 is 1. The SMILES string of the molecule is COc1ccc(/C(CC2CCCCC2)=N/O)cc1. The van der Waals surface area contributed by atoms with Gasteiger partial charge in [0.25, 0.3) is 0 Å². The first-order valence-corrected chi connectivity index (χ1v) is 6.69. The van der Waals surface area contributed by atoms with Gasteiger partial charge in [-0.25, -0.2) is 0 Å². The van der Waals surface area contributed by atoms with E-state index < -0.39 is 0 Å². The molecule has 0 bridgehead atoms. The zero-order valence-corrected chi connectivity index (χ0v) is 10.9. The molecule has 98 valence electrons. The lowest BCUT2D eigenvalue weighted by atomic mass is 9.84. The van der Waals surface area contributed by atoms with E-state index in [0.717, 1.165) is 23.4 Å². The van der Waals surface area contributed by atoms with E-state index in [9.17, 15) is 5.21 Å². The molecule has 18 heavy (non-hydrogen) atoms. The van der Waals surface area contributed by atoms with E-state index in [4.69, 9.17) is 4.74 Å². The smallest absolute Gasteiger partial charge is 0.118 e. The molecule has 1 aliphatic carbocycles. The number of oxime groups is 1. The van der Waals surface area contributed by atoms with Crippen LogP contribution in [0.15, 0.2) is 29.4 Å². The van der Waals surface area contributed by atoms with Crippen molar-refractivity contribution in [1.29, 1.82) is 0 Å². The van der Waals surface area contributed by atoms with Crippen molar-refractivity contribution in [3.8, 4) is 5.75 Å². The van der Waals surface area contributed by atoms with Crippen LogP contribution in [0.4, 0.5) is 0 Å². The van der Waals surface area contributed by atoms with Gasteiger partial charge in [-0.3, -0.25) is 0 Å². The average Bonchev–Trinajstić information content (AvgIpc) is 2.46. The Kier molecular flexibility index (Phi) is 4.62. The van der Waals surface area contributed by atoms with E-state index in [0.29, 0.717) is 5.92 Å². The maximum Gasteiger partial charge on any atom is 0.118 e. The van der Waals surface area contributed by atoms with Crippen molar-refractivity contribution in [2.45, 2.75) is 38.5 Å². The minimum Gasteiger partial charge on any atom is -0.497 e. The lowest BCUT2D eigenvalue weighted by Gasteiger charge is -2.21. The largest absolute Gasteiger partial charge is 0.497 e. The summed E-state index contributed by atoms with van der Waals surface area (Å²) in [4.78, 5) is 0. The zero-order chi connectivity index (χ0) is 12.8. The summed E-state index contributed by atoms with van der Waals surface area (Å²) in [5.74, 6) is 1.50. The molecule has 0 radical (unpaired) electrons. The predicted octanol–water partition coefficient (Wildman–Crippen LogP) is 3.84. The van der Waals surface area contributed by atoms with Crippen molar-refractivity contribution in [2.24, 2.45) is 11.1 Å². The zero-order valence-electron chi connectivity index (χ0n) is 10.9. The van der Waals surface area contributed by atoms with Gasteiger partial charge >= 0.3 is 0 Å². The van der Waals surface area contributed by atoms with Gasteiger partial charge in [0.05, 0.1) is 12.8 Å². The molecule has 1 aromatic carbocycles. The topological polar surface area (TPSA) is 41.8 Å². The molecule has 0 heterocycles. The Morgan fingerprint density at radius 1 is 1.22 bits per heavy atom. The van der Waals surface area contributed by atoms with Crippen molar-refractivity contribution in [2.75, 3.05) is 7.11 Å². The van der Waals surface area contributed by atoms with Gasteiger partial charge < -0.3 is 9.94 Å². The molecule has 1 aliphatic rings. The number of hydrogen-bond acceptors (Lipinski definition) is 3. The normalized spacial score (nSPS) is 17.7. The monoisotopic (exact) mass is 247 g/mol.